The fraction of sp³-hybridized carbons (Fsp3) is 0.538. The first-order chi connectivity index (χ1) is 10.3. The Labute approximate surface area is 121 Å². The van der Waals surface area contributed by atoms with Crippen LogP contribution in [0.4, 0.5) is 5.82 Å². The number of aromatic nitrogens is 4. The summed E-state index contributed by atoms with van der Waals surface area (Å²) in [6, 6.07) is 1.96. The molecule has 1 N–H and O–H groups in total. The van der Waals surface area contributed by atoms with Crippen LogP contribution in [0.2, 0.25) is 0 Å². The van der Waals surface area contributed by atoms with Gasteiger partial charge in [-0.15, -0.1) is 0 Å². The minimum atomic E-state index is 0.369. The smallest absolute Gasteiger partial charge is 0.278 e. The SMILES string of the molecule is Cc1nonc1OCCNc1cc([C@H]2CCOC2)ncn1. The van der Waals surface area contributed by atoms with Crippen LogP contribution in [0.3, 0.4) is 0 Å². The van der Waals surface area contributed by atoms with E-state index >= 15 is 0 Å². The lowest BCUT2D eigenvalue weighted by Crippen LogP contribution is -2.13. The highest BCUT2D eigenvalue weighted by molar-refractivity contribution is 5.36. The molecule has 8 nitrogen and oxygen atoms in total. The first-order valence-electron chi connectivity index (χ1n) is 6.88. The molecule has 3 heterocycles. The van der Waals surface area contributed by atoms with Crippen molar-refractivity contribution in [3.8, 4) is 5.88 Å². The van der Waals surface area contributed by atoms with Crippen molar-refractivity contribution in [1.82, 2.24) is 20.3 Å². The van der Waals surface area contributed by atoms with Gasteiger partial charge in [0.25, 0.3) is 5.88 Å². The number of ether oxygens (including phenoxy) is 2. The third-order valence-corrected chi connectivity index (χ3v) is 3.29. The van der Waals surface area contributed by atoms with Crippen LogP contribution in [0.15, 0.2) is 17.0 Å². The summed E-state index contributed by atoms with van der Waals surface area (Å²) in [7, 11) is 0. The van der Waals surface area contributed by atoms with Crippen LogP contribution in [0, 0.1) is 6.92 Å². The van der Waals surface area contributed by atoms with E-state index in [4.69, 9.17) is 9.47 Å². The maximum Gasteiger partial charge on any atom is 0.278 e. The van der Waals surface area contributed by atoms with Crippen LogP contribution in [-0.4, -0.2) is 46.6 Å². The van der Waals surface area contributed by atoms with E-state index in [1.165, 1.54) is 0 Å². The number of rotatable bonds is 6. The Bertz CT molecular complexity index is 583. The summed E-state index contributed by atoms with van der Waals surface area (Å²) in [6.07, 6.45) is 2.58. The second kappa shape index (κ2) is 6.49. The fourth-order valence-corrected chi connectivity index (χ4v) is 2.14. The van der Waals surface area contributed by atoms with Crippen molar-refractivity contribution in [2.75, 3.05) is 31.7 Å². The van der Waals surface area contributed by atoms with Crippen LogP contribution < -0.4 is 10.1 Å². The van der Waals surface area contributed by atoms with Crippen molar-refractivity contribution in [2.45, 2.75) is 19.3 Å². The molecule has 1 saturated heterocycles. The highest BCUT2D eigenvalue weighted by Crippen LogP contribution is 2.24. The predicted octanol–water partition coefficient (Wildman–Crippen LogP) is 1.16. The molecule has 1 aliphatic rings. The molecule has 1 atom stereocenters. The molecule has 1 aliphatic heterocycles. The van der Waals surface area contributed by atoms with Crippen molar-refractivity contribution in [3.05, 3.63) is 23.8 Å². The predicted molar refractivity (Wildman–Crippen MR) is 73.2 cm³/mol. The third-order valence-electron chi connectivity index (χ3n) is 3.29. The van der Waals surface area contributed by atoms with Gasteiger partial charge in [0.05, 0.1) is 18.8 Å². The summed E-state index contributed by atoms with van der Waals surface area (Å²) in [6.45, 7) is 4.36. The van der Waals surface area contributed by atoms with Gasteiger partial charge in [0, 0.05) is 18.6 Å². The lowest BCUT2D eigenvalue weighted by molar-refractivity contribution is 0.193. The molecular weight excluding hydrogens is 274 g/mol. The van der Waals surface area contributed by atoms with E-state index in [9.17, 15) is 0 Å². The summed E-state index contributed by atoms with van der Waals surface area (Å²) >= 11 is 0. The van der Waals surface area contributed by atoms with Crippen molar-refractivity contribution in [2.24, 2.45) is 0 Å². The van der Waals surface area contributed by atoms with Gasteiger partial charge in [-0.05, 0) is 18.5 Å². The Morgan fingerprint density at radius 2 is 2.33 bits per heavy atom. The van der Waals surface area contributed by atoms with E-state index < -0.39 is 0 Å². The number of nitrogens with zero attached hydrogens (tertiary/aromatic N) is 4. The zero-order chi connectivity index (χ0) is 14.5. The van der Waals surface area contributed by atoms with Gasteiger partial charge in [-0.1, -0.05) is 5.16 Å². The normalized spacial score (nSPS) is 17.9. The van der Waals surface area contributed by atoms with Gasteiger partial charge in [0.15, 0.2) is 0 Å². The van der Waals surface area contributed by atoms with Gasteiger partial charge < -0.3 is 14.8 Å². The molecule has 2 aromatic heterocycles. The van der Waals surface area contributed by atoms with Gasteiger partial charge in [0.1, 0.15) is 24.4 Å². The summed E-state index contributed by atoms with van der Waals surface area (Å²) in [5, 5.41) is 10.5. The van der Waals surface area contributed by atoms with Crippen molar-refractivity contribution in [1.29, 1.82) is 0 Å². The molecule has 21 heavy (non-hydrogen) atoms. The first-order valence-corrected chi connectivity index (χ1v) is 6.88. The molecule has 1 fully saturated rings. The van der Waals surface area contributed by atoms with E-state index in [0.717, 1.165) is 31.1 Å². The number of nitrogens with one attached hydrogen (secondary N) is 1. The largest absolute Gasteiger partial charge is 0.472 e. The van der Waals surface area contributed by atoms with E-state index in [-0.39, 0.29) is 0 Å². The fourth-order valence-electron chi connectivity index (χ4n) is 2.14. The van der Waals surface area contributed by atoms with Crippen LogP contribution in [-0.2, 0) is 4.74 Å². The topological polar surface area (TPSA) is 95.2 Å². The Kier molecular flexibility index (Phi) is 4.25. The zero-order valence-corrected chi connectivity index (χ0v) is 11.8. The summed E-state index contributed by atoms with van der Waals surface area (Å²) in [5.41, 5.74) is 1.66. The standard InChI is InChI=1S/C13H17N5O3/c1-9-13(18-21-17-9)20-5-3-14-12-6-11(15-8-16-12)10-2-4-19-7-10/h6,8,10H,2-5,7H2,1H3,(H,14,15,16)/t10-/m0/s1. The van der Waals surface area contributed by atoms with Crippen LogP contribution in [0.5, 0.6) is 5.88 Å². The number of hydrogen-bond donors (Lipinski definition) is 1. The molecule has 112 valence electrons. The van der Waals surface area contributed by atoms with Gasteiger partial charge in [-0.3, -0.25) is 0 Å². The molecule has 0 spiro atoms. The van der Waals surface area contributed by atoms with Gasteiger partial charge in [-0.2, -0.15) is 0 Å². The van der Waals surface area contributed by atoms with Crippen molar-refractivity contribution < 1.29 is 14.1 Å². The van der Waals surface area contributed by atoms with Crippen LogP contribution >= 0.6 is 0 Å². The summed E-state index contributed by atoms with van der Waals surface area (Å²) in [5.74, 6) is 1.57. The molecule has 3 rings (SSSR count). The van der Waals surface area contributed by atoms with Crippen molar-refractivity contribution in [3.63, 3.8) is 0 Å². The monoisotopic (exact) mass is 291 g/mol. The number of anilines is 1. The second-order valence-electron chi connectivity index (χ2n) is 4.82. The van der Waals surface area contributed by atoms with Gasteiger partial charge in [0.2, 0.25) is 0 Å². The maximum absolute atomic E-state index is 5.44. The Morgan fingerprint density at radius 3 is 3.10 bits per heavy atom. The molecule has 0 unspecified atom stereocenters. The zero-order valence-electron chi connectivity index (χ0n) is 11.8. The summed E-state index contributed by atoms with van der Waals surface area (Å²) in [4.78, 5) is 8.51. The van der Waals surface area contributed by atoms with Crippen LogP contribution in [0.25, 0.3) is 0 Å². The molecule has 0 aromatic carbocycles. The lowest BCUT2D eigenvalue weighted by Gasteiger charge is -2.10. The number of aryl methyl sites for hydroxylation is 1. The number of hydrogen-bond acceptors (Lipinski definition) is 8. The van der Waals surface area contributed by atoms with Crippen LogP contribution in [0.1, 0.15) is 23.7 Å². The lowest BCUT2D eigenvalue weighted by atomic mass is 10.1. The molecule has 0 saturated carbocycles. The van der Waals surface area contributed by atoms with E-state index in [2.05, 4.69) is 30.2 Å². The Morgan fingerprint density at radius 1 is 1.38 bits per heavy atom. The highest BCUT2D eigenvalue weighted by atomic mass is 16.6. The van der Waals surface area contributed by atoms with Crippen molar-refractivity contribution >= 4 is 5.82 Å². The average Bonchev–Trinajstić information content (AvgIpc) is 3.16. The van der Waals surface area contributed by atoms with Gasteiger partial charge in [-0.25, -0.2) is 14.6 Å². The quantitative estimate of drug-likeness (QED) is 0.792. The third kappa shape index (κ3) is 3.46. The average molecular weight is 291 g/mol. The van der Waals surface area contributed by atoms with E-state index in [0.29, 0.717) is 30.6 Å². The minimum Gasteiger partial charge on any atom is -0.472 e. The molecule has 0 amide bonds. The molecule has 0 bridgehead atoms. The molecule has 0 radical (unpaired) electrons. The second-order valence-corrected chi connectivity index (χ2v) is 4.82. The molecule has 8 heteroatoms. The van der Waals surface area contributed by atoms with E-state index in [1.54, 1.807) is 13.3 Å². The molecule has 2 aromatic rings. The molecule has 0 aliphatic carbocycles. The summed E-state index contributed by atoms with van der Waals surface area (Å²) < 4.78 is 15.4. The maximum atomic E-state index is 5.44. The van der Waals surface area contributed by atoms with E-state index in [1.807, 2.05) is 6.07 Å². The highest BCUT2D eigenvalue weighted by Gasteiger charge is 2.19. The first kappa shape index (κ1) is 13.7. The Hall–Kier alpha value is -2.22. The Balaban J connectivity index is 1.49. The minimum absolute atomic E-state index is 0.369. The molecular formula is C13H17N5O3. The van der Waals surface area contributed by atoms with Gasteiger partial charge >= 0.3 is 0 Å².